The van der Waals surface area contributed by atoms with Crippen LogP contribution in [0.4, 0.5) is 20.3 Å². The minimum absolute atomic E-state index is 0.0195. The van der Waals surface area contributed by atoms with E-state index in [0.717, 1.165) is 34.3 Å². The Kier molecular flexibility index (Phi) is 5.16. The van der Waals surface area contributed by atoms with Gasteiger partial charge in [0.15, 0.2) is 11.6 Å². The Morgan fingerprint density at radius 1 is 1.18 bits per heavy atom. The molecule has 4 aromatic rings. The molecule has 2 N–H and O–H groups in total. The molecule has 0 saturated heterocycles. The lowest BCUT2D eigenvalue weighted by atomic mass is 10.1. The summed E-state index contributed by atoms with van der Waals surface area (Å²) >= 11 is 0. The molecule has 0 spiro atoms. The predicted octanol–water partition coefficient (Wildman–Crippen LogP) is 4.30. The Hall–Kier alpha value is -4.01. The molecule has 5 rings (SSSR count). The van der Waals surface area contributed by atoms with E-state index in [4.69, 9.17) is 4.74 Å². The molecule has 1 aliphatic heterocycles. The first-order valence-electron chi connectivity index (χ1n) is 10.5. The van der Waals surface area contributed by atoms with Gasteiger partial charge in [0.25, 0.3) is 0 Å². The fraction of sp³-hybridized carbons (Fsp3) is 0.208. The van der Waals surface area contributed by atoms with Gasteiger partial charge < -0.3 is 19.9 Å². The van der Waals surface area contributed by atoms with E-state index in [1.54, 1.807) is 10.6 Å². The summed E-state index contributed by atoms with van der Waals surface area (Å²) in [6.07, 6.45) is 1.82. The van der Waals surface area contributed by atoms with Crippen LogP contribution in [0.15, 0.2) is 42.7 Å². The van der Waals surface area contributed by atoms with Crippen molar-refractivity contribution < 1.29 is 18.3 Å². The minimum atomic E-state index is -0.946. The highest BCUT2D eigenvalue weighted by atomic mass is 19.2. The number of halogens is 2. The first-order valence-corrected chi connectivity index (χ1v) is 10.5. The molecule has 33 heavy (non-hydrogen) atoms. The van der Waals surface area contributed by atoms with Crippen molar-refractivity contribution in [2.24, 2.45) is 0 Å². The monoisotopic (exact) mass is 449 g/mol. The molecular formula is C24H21F2N5O2. The lowest BCUT2D eigenvalue weighted by Crippen LogP contribution is -2.13. The second-order valence-corrected chi connectivity index (χ2v) is 7.89. The Bertz CT molecular complexity index is 1400. The van der Waals surface area contributed by atoms with Crippen molar-refractivity contribution in [2.45, 2.75) is 19.9 Å². The number of rotatable bonds is 6. The number of carbonyl (C=O) groups excluding carboxylic acids is 1. The molecule has 0 atom stereocenters. The normalized spacial score (nSPS) is 12.7. The van der Waals surface area contributed by atoms with Crippen LogP contribution in [-0.4, -0.2) is 34.1 Å². The summed E-state index contributed by atoms with van der Waals surface area (Å²) < 4.78 is 35.6. The van der Waals surface area contributed by atoms with E-state index in [2.05, 4.69) is 20.6 Å². The minimum Gasteiger partial charge on any atom is -0.496 e. The first kappa shape index (κ1) is 20.9. The van der Waals surface area contributed by atoms with Crippen molar-refractivity contribution in [3.05, 3.63) is 65.6 Å². The van der Waals surface area contributed by atoms with Crippen molar-refractivity contribution in [1.29, 1.82) is 0 Å². The second-order valence-electron chi connectivity index (χ2n) is 7.89. The van der Waals surface area contributed by atoms with Crippen LogP contribution < -0.4 is 15.4 Å². The van der Waals surface area contributed by atoms with Crippen molar-refractivity contribution in [3.63, 3.8) is 0 Å². The van der Waals surface area contributed by atoms with Crippen molar-refractivity contribution in [2.75, 3.05) is 24.3 Å². The van der Waals surface area contributed by atoms with Gasteiger partial charge in [-0.15, -0.1) is 0 Å². The molecule has 0 aliphatic carbocycles. The number of aryl methyl sites for hydroxylation is 1. The van der Waals surface area contributed by atoms with Gasteiger partial charge in [0.1, 0.15) is 17.9 Å². The van der Waals surface area contributed by atoms with Crippen LogP contribution >= 0.6 is 0 Å². The predicted molar refractivity (Wildman–Crippen MR) is 121 cm³/mol. The van der Waals surface area contributed by atoms with Crippen LogP contribution in [0.3, 0.4) is 0 Å². The van der Waals surface area contributed by atoms with Crippen LogP contribution in [0.5, 0.6) is 5.75 Å². The standard InChI is InChI=1S/C24H21F2N5O2/c1-13-7-16-20(33-2)10-17(25)23(26)24(16)31(13)6-5-27-21-11-19(28-12-29-21)14-3-4-18-15(8-14)9-22(32)30-18/h3-4,7-8,10-12H,5-6,9H2,1-2H3,(H,30,32)(H,27,28,29). The van der Waals surface area contributed by atoms with Crippen LogP contribution in [0.25, 0.3) is 22.2 Å². The summed E-state index contributed by atoms with van der Waals surface area (Å²) in [6.45, 7) is 2.67. The molecule has 1 amide bonds. The van der Waals surface area contributed by atoms with Gasteiger partial charge >= 0.3 is 0 Å². The zero-order chi connectivity index (χ0) is 23.1. The third-order valence-corrected chi connectivity index (χ3v) is 5.80. The fourth-order valence-corrected chi connectivity index (χ4v) is 4.22. The summed E-state index contributed by atoms with van der Waals surface area (Å²) in [5.74, 6) is -0.960. The average molecular weight is 449 g/mol. The van der Waals surface area contributed by atoms with Crippen molar-refractivity contribution in [1.82, 2.24) is 14.5 Å². The van der Waals surface area contributed by atoms with Crippen LogP contribution in [0.2, 0.25) is 0 Å². The molecule has 2 aromatic heterocycles. The quantitative estimate of drug-likeness (QED) is 0.459. The summed E-state index contributed by atoms with van der Waals surface area (Å²) in [5, 5.41) is 6.57. The molecule has 0 bridgehead atoms. The number of methoxy groups -OCH3 is 1. The van der Waals surface area contributed by atoms with Crippen LogP contribution in [0.1, 0.15) is 11.3 Å². The van der Waals surface area contributed by atoms with Gasteiger partial charge in [-0.3, -0.25) is 4.79 Å². The highest BCUT2D eigenvalue weighted by molar-refractivity contribution is 5.99. The van der Waals surface area contributed by atoms with E-state index in [1.807, 2.05) is 31.2 Å². The van der Waals surface area contributed by atoms with E-state index in [0.29, 0.717) is 36.5 Å². The number of amides is 1. The van der Waals surface area contributed by atoms with Gasteiger partial charge in [-0.1, -0.05) is 6.07 Å². The maximum atomic E-state index is 14.6. The summed E-state index contributed by atoms with van der Waals surface area (Å²) in [6, 6.07) is 10.4. The number of hydrogen-bond donors (Lipinski definition) is 2. The molecule has 0 fully saturated rings. The van der Waals surface area contributed by atoms with Crippen LogP contribution in [-0.2, 0) is 17.8 Å². The maximum Gasteiger partial charge on any atom is 0.228 e. The highest BCUT2D eigenvalue weighted by Gasteiger charge is 2.19. The molecule has 1 aliphatic rings. The highest BCUT2D eigenvalue weighted by Crippen LogP contribution is 2.33. The molecular weight excluding hydrogens is 428 g/mol. The number of carbonyl (C=O) groups is 1. The fourth-order valence-electron chi connectivity index (χ4n) is 4.22. The number of ether oxygens (including phenoxy) is 1. The van der Waals surface area contributed by atoms with Gasteiger partial charge in [-0.05, 0) is 30.7 Å². The van der Waals surface area contributed by atoms with Gasteiger partial charge in [0.2, 0.25) is 5.91 Å². The van der Waals surface area contributed by atoms with E-state index in [1.165, 1.54) is 13.4 Å². The lowest BCUT2D eigenvalue weighted by molar-refractivity contribution is -0.115. The van der Waals surface area contributed by atoms with Crippen molar-refractivity contribution in [3.8, 4) is 17.0 Å². The molecule has 3 heterocycles. The molecule has 168 valence electrons. The smallest absolute Gasteiger partial charge is 0.228 e. The summed E-state index contributed by atoms with van der Waals surface area (Å²) in [4.78, 5) is 20.2. The van der Waals surface area contributed by atoms with Gasteiger partial charge in [0.05, 0.1) is 24.7 Å². The number of aromatic nitrogens is 3. The number of benzene rings is 2. The lowest BCUT2D eigenvalue weighted by Gasteiger charge is -2.12. The summed E-state index contributed by atoms with van der Waals surface area (Å²) in [7, 11) is 1.43. The SMILES string of the molecule is COc1cc(F)c(F)c2c1cc(C)n2CCNc1cc(-c2ccc3c(c2)CC(=O)N3)ncn1. The van der Waals surface area contributed by atoms with E-state index in [-0.39, 0.29) is 11.4 Å². The van der Waals surface area contributed by atoms with Gasteiger partial charge in [0, 0.05) is 47.6 Å². The molecule has 0 unspecified atom stereocenters. The van der Waals surface area contributed by atoms with Crippen LogP contribution in [0, 0.1) is 18.6 Å². The molecule has 2 aromatic carbocycles. The Balaban J connectivity index is 1.35. The topological polar surface area (TPSA) is 81.1 Å². The molecule has 9 heteroatoms. The van der Waals surface area contributed by atoms with E-state index in [9.17, 15) is 13.6 Å². The Labute approximate surface area is 188 Å². The Morgan fingerprint density at radius 2 is 2.03 bits per heavy atom. The van der Waals surface area contributed by atoms with Gasteiger partial charge in [-0.25, -0.2) is 18.7 Å². The second kappa shape index (κ2) is 8.16. The number of nitrogens with zero attached hydrogens (tertiary/aromatic N) is 3. The number of nitrogens with one attached hydrogen (secondary N) is 2. The number of anilines is 2. The summed E-state index contributed by atoms with van der Waals surface area (Å²) in [5.41, 5.74) is 4.33. The number of hydrogen-bond acceptors (Lipinski definition) is 5. The molecule has 7 nitrogen and oxygen atoms in total. The average Bonchev–Trinajstić information content (AvgIpc) is 3.34. The molecule has 0 saturated carbocycles. The van der Waals surface area contributed by atoms with E-state index < -0.39 is 11.6 Å². The largest absolute Gasteiger partial charge is 0.496 e. The van der Waals surface area contributed by atoms with E-state index >= 15 is 0 Å². The maximum absolute atomic E-state index is 14.6. The number of fused-ring (bicyclic) bond motifs is 2. The zero-order valence-electron chi connectivity index (χ0n) is 18.1. The molecule has 0 radical (unpaired) electrons. The Morgan fingerprint density at radius 3 is 2.85 bits per heavy atom. The first-order chi connectivity index (χ1) is 15.9. The van der Waals surface area contributed by atoms with Gasteiger partial charge in [-0.2, -0.15) is 0 Å². The van der Waals surface area contributed by atoms with Crippen molar-refractivity contribution >= 4 is 28.3 Å². The third-order valence-electron chi connectivity index (χ3n) is 5.80. The zero-order valence-corrected chi connectivity index (χ0v) is 18.1. The third kappa shape index (κ3) is 3.75.